The minimum Gasteiger partial charge on any atom is -0.508 e. The lowest BCUT2D eigenvalue weighted by Crippen LogP contribution is -2.40. The van der Waals surface area contributed by atoms with Gasteiger partial charge in [0.25, 0.3) is 0 Å². The van der Waals surface area contributed by atoms with Crippen LogP contribution < -0.4 is 0 Å². The molecular formula is C17H22OS2. The van der Waals surface area contributed by atoms with Crippen LogP contribution in [0.3, 0.4) is 0 Å². The average Bonchev–Trinajstić information content (AvgIpc) is 2.41. The second-order valence-corrected chi connectivity index (χ2v) is 7.80. The summed E-state index contributed by atoms with van der Waals surface area (Å²) in [5.41, 5.74) is 4.11. The number of hydrogen-bond donors (Lipinski definition) is 3. The topological polar surface area (TPSA) is 20.2 Å². The summed E-state index contributed by atoms with van der Waals surface area (Å²) in [6.45, 7) is 2.18. The molecule has 2 aliphatic rings. The molecule has 1 fully saturated rings. The second-order valence-electron chi connectivity index (χ2n) is 6.04. The van der Waals surface area contributed by atoms with Gasteiger partial charge in [0.05, 0.1) is 4.08 Å². The SMILES string of the molecule is CCC=C1CC[C@@H]2c3ccc(O)cc3CC[C@@H]2C1(S)S. The first-order chi connectivity index (χ1) is 9.54. The average molecular weight is 306 g/mol. The molecule has 0 aromatic heterocycles. The Morgan fingerprint density at radius 1 is 1.30 bits per heavy atom. The highest BCUT2D eigenvalue weighted by atomic mass is 32.2. The van der Waals surface area contributed by atoms with Crippen LogP contribution in [0.5, 0.6) is 5.75 Å². The van der Waals surface area contributed by atoms with Crippen molar-refractivity contribution in [3.63, 3.8) is 0 Å². The van der Waals surface area contributed by atoms with Gasteiger partial charge in [-0.1, -0.05) is 19.1 Å². The highest BCUT2D eigenvalue weighted by Crippen LogP contribution is 2.56. The van der Waals surface area contributed by atoms with E-state index in [9.17, 15) is 5.11 Å². The Morgan fingerprint density at radius 3 is 2.85 bits per heavy atom. The van der Waals surface area contributed by atoms with Crippen LogP contribution in [0.4, 0.5) is 0 Å². The Labute approximate surface area is 132 Å². The quantitative estimate of drug-likeness (QED) is 0.389. The molecule has 20 heavy (non-hydrogen) atoms. The van der Waals surface area contributed by atoms with Crippen molar-refractivity contribution in [1.29, 1.82) is 0 Å². The minimum absolute atomic E-state index is 0.283. The van der Waals surface area contributed by atoms with Crippen molar-refractivity contribution in [2.45, 2.75) is 49.0 Å². The maximum atomic E-state index is 9.66. The summed E-state index contributed by atoms with van der Waals surface area (Å²) in [5, 5.41) is 9.66. The molecule has 108 valence electrons. The molecule has 0 heterocycles. The fraction of sp³-hybridized carbons (Fsp3) is 0.529. The number of phenols is 1. The number of benzene rings is 1. The lowest BCUT2D eigenvalue weighted by atomic mass is 9.66. The van der Waals surface area contributed by atoms with Crippen molar-refractivity contribution in [3.8, 4) is 5.75 Å². The van der Waals surface area contributed by atoms with E-state index in [1.165, 1.54) is 23.1 Å². The lowest BCUT2D eigenvalue weighted by Gasteiger charge is -2.47. The maximum absolute atomic E-state index is 9.66. The number of aryl methyl sites for hydroxylation is 1. The van der Waals surface area contributed by atoms with E-state index in [1.807, 2.05) is 12.1 Å². The van der Waals surface area contributed by atoms with Crippen LogP contribution in [-0.2, 0) is 6.42 Å². The molecule has 3 rings (SSSR count). The molecular weight excluding hydrogens is 284 g/mol. The van der Waals surface area contributed by atoms with Gasteiger partial charge in [-0.25, -0.2) is 0 Å². The number of hydrogen-bond acceptors (Lipinski definition) is 3. The predicted octanol–water partition coefficient (Wildman–Crippen LogP) is 4.72. The number of rotatable bonds is 1. The molecule has 2 atom stereocenters. The fourth-order valence-corrected chi connectivity index (χ4v) is 4.99. The molecule has 1 aromatic rings. The first-order valence-corrected chi connectivity index (χ1v) is 8.39. The minimum atomic E-state index is -0.283. The van der Waals surface area contributed by atoms with Crippen molar-refractivity contribution in [2.75, 3.05) is 0 Å². The van der Waals surface area contributed by atoms with E-state index in [-0.39, 0.29) is 4.08 Å². The van der Waals surface area contributed by atoms with Crippen LogP contribution in [0, 0.1) is 5.92 Å². The number of allylic oxidation sites excluding steroid dienone is 1. The third-order valence-electron chi connectivity index (χ3n) is 4.90. The number of fused-ring (bicyclic) bond motifs is 3. The van der Waals surface area contributed by atoms with Gasteiger partial charge in [0, 0.05) is 0 Å². The maximum Gasteiger partial charge on any atom is 0.115 e. The molecule has 1 saturated carbocycles. The monoisotopic (exact) mass is 306 g/mol. The molecule has 0 amide bonds. The first-order valence-electron chi connectivity index (χ1n) is 7.50. The summed E-state index contributed by atoms with van der Waals surface area (Å²) < 4.78 is -0.283. The van der Waals surface area contributed by atoms with Crippen LogP contribution in [0.1, 0.15) is 49.7 Å². The van der Waals surface area contributed by atoms with Crippen LogP contribution in [0.15, 0.2) is 29.8 Å². The van der Waals surface area contributed by atoms with Gasteiger partial charge in [-0.2, -0.15) is 25.3 Å². The second kappa shape index (κ2) is 5.34. The third-order valence-corrected chi connectivity index (χ3v) is 6.14. The Balaban J connectivity index is 1.98. The van der Waals surface area contributed by atoms with Crippen LogP contribution in [-0.4, -0.2) is 9.19 Å². The van der Waals surface area contributed by atoms with E-state index in [4.69, 9.17) is 25.3 Å². The van der Waals surface area contributed by atoms with Gasteiger partial charge in [0.1, 0.15) is 5.75 Å². The van der Waals surface area contributed by atoms with Gasteiger partial charge in [0.15, 0.2) is 0 Å². The zero-order valence-electron chi connectivity index (χ0n) is 11.8. The van der Waals surface area contributed by atoms with Gasteiger partial charge < -0.3 is 5.11 Å². The number of phenolic OH excluding ortho intramolecular Hbond substituents is 1. The number of aromatic hydroxyl groups is 1. The molecule has 0 radical (unpaired) electrons. The number of thiol groups is 2. The lowest BCUT2D eigenvalue weighted by molar-refractivity contribution is 0.312. The van der Waals surface area contributed by atoms with E-state index in [0.29, 0.717) is 17.6 Å². The Hall–Kier alpha value is -0.540. The zero-order chi connectivity index (χ0) is 14.3. The molecule has 0 unspecified atom stereocenters. The summed E-state index contributed by atoms with van der Waals surface area (Å²) >= 11 is 9.86. The van der Waals surface area contributed by atoms with Gasteiger partial charge in [0.2, 0.25) is 0 Å². The molecule has 0 bridgehead atoms. The fourth-order valence-electron chi connectivity index (χ4n) is 3.97. The van der Waals surface area contributed by atoms with E-state index in [1.54, 1.807) is 0 Å². The van der Waals surface area contributed by atoms with Gasteiger partial charge in [-0.05, 0) is 72.8 Å². The van der Waals surface area contributed by atoms with Crippen LogP contribution >= 0.6 is 25.3 Å². The Bertz CT molecular complexity index is 548. The van der Waals surface area contributed by atoms with E-state index in [0.717, 1.165) is 25.7 Å². The third kappa shape index (κ3) is 2.29. The smallest absolute Gasteiger partial charge is 0.115 e. The largest absolute Gasteiger partial charge is 0.508 e. The summed E-state index contributed by atoms with van der Waals surface area (Å²) in [5.74, 6) is 1.40. The van der Waals surface area contributed by atoms with E-state index < -0.39 is 0 Å². The van der Waals surface area contributed by atoms with Crippen molar-refractivity contribution in [3.05, 3.63) is 41.0 Å². The molecule has 1 nitrogen and oxygen atoms in total. The normalized spacial score (nSPS) is 29.9. The molecule has 2 aliphatic carbocycles. The van der Waals surface area contributed by atoms with Gasteiger partial charge >= 0.3 is 0 Å². The van der Waals surface area contributed by atoms with E-state index >= 15 is 0 Å². The molecule has 1 N–H and O–H groups in total. The molecule has 0 saturated heterocycles. The summed E-state index contributed by atoms with van der Waals surface area (Å²) in [6, 6.07) is 5.85. The molecule has 0 aliphatic heterocycles. The highest BCUT2D eigenvalue weighted by molar-refractivity contribution is 8.01. The molecule has 1 aromatic carbocycles. The summed E-state index contributed by atoms with van der Waals surface area (Å²) in [7, 11) is 0. The van der Waals surface area contributed by atoms with Crippen LogP contribution in [0.2, 0.25) is 0 Å². The predicted molar refractivity (Wildman–Crippen MR) is 91.0 cm³/mol. The highest BCUT2D eigenvalue weighted by Gasteiger charge is 2.46. The van der Waals surface area contributed by atoms with Gasteiger partial charge in [-0.15, -0.1) is 0 Å². The van der Waals surface area contributed by atoms with Gasteiger partial charge in [-0.3, -0.25) is 0 Å². The molecule has 3 heteroatoms. The van der Waals surface area contributed by atoms with Crippen LogP contribution in [0.25, 0.3) is 0 Å². The zero-order valence-corrected chi connectivity index (χ0v) is 13.6. The first kappa shape index (κ1) is 14.4. The Morgan fingerprint density at radius 2 is 2.10 bits per heavy atom. The summed E-state index contributed by atoms with van der Waals surface area (Å²) in [6.07, 6.45) is 7.75. The van der Waals surface area contributed by atoms with Crippen molar-refractivity contribution >= 4 is 25.3 Å². The Kier molecular flexibility index (Phi) is 3.85. The van der Waals surface area contributed by atoms with E-state index in [2.05, 4.69) is 19.1 Å². The standard InChI is InChI=1S/C17H22OS2/c1-2-3-12-5-7-15-14-8-6-13(18)10-11(14)4-9-16(15)17(12,19)20/h3,6,8,10,15-16,18-20H,2,4-5,7,9H2,1H3/t15-,16+/m1/s1. The van der Waals surface area contributed by atoms with Crippen molar-refractivity contribution < 1.29 is 5.11 Å². The van der Waals surface area contributed by atoms with Crippen molar-refractivity contribution in [2.24, 2.45) is 5.92 Å². The summed E-state index contributed by atoms with van der Waals surface area (Å²) in [4.78, 5) is 0. The molecule has 0 spiro atoms. The van der Waals surface area contributed by atoms with Crippen molar-refractivity contribution in [1.82, 2.24) is 0 Å².